The number of piperazine rings is 1. The van der Waals surface area contributed by atoms with Crippen LogP contribution in [0.3, 0.4) is 0 Å². The topological polar surface area (TPSA) is 75.9 Å². The molecular weight excluding hydrogens is 334 g/mol. The van der Waals surface area contributed by atoms with Gasteiger partial charge < -0.3 is 19.1 Å². The first-order valence-corrected chi connectivity index (χ1v) is 8.70. The van der Waals surface area contributed by atoms with E-state index < -0.39 is 12.1 Å². The van der Waals surface area contributed by atoms with Gasteiger partial charge in [-0.2, -0.15) is 0 Å². The summed E-state index contributed by atoms with van der Waals surface area (Å²) in [4.78, 5) is 28.9. The minimum absolute atomic E-state index is 0.183. The summed E-state index contributed by atoms with van der Waals surface area (Å²) in [6.07, 6.45) is -0.848. The van der Waals surface area contributed by atoms with Crippen LogP contribution in [0, 0.1) is 13.8 Å². The molecule has 1 aliphatic heterocycles. The first-order chi connectivity index (χ1) is 12.5. The van der Waals surface area contributed by atoms with Crippen molar-refractivity contribution in [2.75, 3.05) is 31.1 Å². The average molecular weight is 357 g/mol. The Kier molecular flexibility index (Phi) is 5.25. The second-order valence-corrected chi connectivity index (χ2v) is 6.39. The average Bonchev–Trinajstić information content (AvgIpc) is 3.00. The van der Waals surface area contributed by atoms with Gasteiger partial charge in [0, 0.05) is 31.9 Å². The number of anilines is 1. The van der Waals surface area contributed by atoms with Crippen LogP contribution in [-0.2, 0) is 9.53 Å². The number of rotatable bonds is 4. The number of hydrogen-bond donors (Lipinski definition) is 0. The van der Waals surface area contributed by atoms with Gasteiger partial charge in [-0.15, -0.1) is 0 Å². The summed E-state index contributed by atoms with van der Waals surface area (Å²) in [5.41, 5.74) is 1.90. The number of benzene rings is 1. The molecule has 1 atom stereocenters. The molecule has 0 aliphatic carbocycles. The van der Waals surface area contributed by atoms with Crippen LogP contribution in [0.5, 0.6) is 0 Å². The molecule has 1 aliphatic rings. The predicted molar refractivity (Wildman–Crippen MR) is 96.1 cm³/mol. The molecule has 0 saturated carbocycles. The Morgan fingerprint density at radius 2 is 1.77 bits per heavy atom. The lowest BCUT2D eigenvalue weighted by atomic mass is 10.2. The fourth-order valence-electron chi connectivity index (χ4n) is 3.13. The minimum Gasteiger partial charge on any atom is -0.449 e. The van der Waals surface area contributed by atoms with Gasteiger partial charge in [0.05, 0.1) is 5.69 Å². The maximum absolute atomic E-state index is 12.6. The monoisotopic (exact) mass is 357 g/mol. The van der Waals surface area contributed by atoms with Crippen molar-refractivity contribution < 1.29 is 18.8 Å². The summed E-state index contributed by atoms with van der Waals surface area (Å²) in [6, 6.07) is 10.1. The first kappa shape index (κ1) is 18.0. The van der Waals surface area contributed by atoms with Crippen molar-refractivity contribution in [2.45, 2.75) is 26.9 Å². The van der Waals surface area contributed by atoms with E-state index in [2.05, 4.69) is 22.2 Å². The third kappa shape index (κ3) is 3.71. The molecule has 0 radical (unpaired) electrons. The van der Waals surface area contributed by atoms with Crippen molar-refractivity contribution in [2.24, 2.45) is 0 Å². The molecule has 1 saturated heterocycles. The van der Waals surface area contributed by atoms with Gasteiger partial charge >= 0.3 is 5.97 Å². The van der Waals surface area contributed by atoms with E-state index in [1.165, 1.54) is 0 Å². The number of aryl methyl sites for hydroxylation is 2. The lowest BCUT2D eigenvalue weighted by Crippen LogP contribution is -2.51. The highest BCUT2D eigenvalue weighted by molar-refractivity contribution is 5.93. The molecule has 0 spiro atoms. The Bertz CT molecular complexity index is 760. The Hall–Kier alpha value is -2.83. The fraction of sp³-hybridized carbons (Fsp3) is 0.421. The van der Waals surface area contributed by atoms with E-state index in [0.29, 0.717) is 30.1 Å². The van der Waals surface area contributed by atoms with Crippen LogP contribution in [0.2, 0.25) is 0 Å². The molecule has 7 nitrogen and oxygen atoms in total. The molecule has 0 bridgehead atoms. The maximum Gasteiger partial charge on any atom is 0.344 e. The van der Waals surface area contributed by atoms with E-state index in [9.17, 15) is 9.59 Å². The van der Waals surface area contributed by atoms with E-state index >= 15 is 0 Å². The van der Waals surface area contributed by atoms with E-state index in [1.54, 1.807) is 25.7 Å². The van der Waals surface area contributed by atoms with Crippen molar-refractivity contribution in [3.05, 3.63) is 47.3 Å². The molecule has 0 N–H and O–H groups in total. The predicted octanol–water partition coefficient (Wildman–Crippen LogP) is 2.19. The highest BCUT2D eigenvalue weighted by atomic mass is 16.5. The molecule has 1 unspecified atom stereocenters. The molecule has 2 heterocycles. The zero-order valence-corrected chi connectivity index (χ0v) is 15.3. The van der Waals surface area contributed by atoms with Gasteiger partial charge in [0.2, 0.25) is 0 Å². The number of carbonyl (C=O) groups is 2. The summed E-state index contributed by atoms with van der Waals surface area (Å²) in [5.74, 6) is -0.369. The summed E-state index contributed by atoms with van der Waals surface area (Å²) in [5, 5.41) is 3.74. The molecule has 3 rings (SSSR count). The normalized spacial score (nSPS) is 15.7. The largest absolute Gasteiger partial charge is 0.449 e. The quantitative estimate of drug-likeness (QED) is 0.781. The van der Waals surface area contributed by atoms with E-state index in [4.69, 9.17) is 9.26 Å². The molecule has 138 valence electrons. The molecule has 1 aromatic heterocycles. The summed E-state index contributed by atoms with van der Waals surface area (Å²) >= 11 is 0. The molecule has 1 fully saturated rings. The van der Waals surface area contributed by atoms with Gasteiger partial charge in [0.25, 0.3) is 5.91 Å². The van der Waals surface area contributed by atoms with Crippen LogP contribution in [0.15, 0.2) is 34.9 Å². The zero-order valence-electron chi connectivity index (χ0n) is 15.3. The summed E-state index contributed by atoms with van der Waals surface area (Å²) < 4.78 is 10.3. The molecular formula is C19H23N3O4. The van der Waals surface area contributed by atoms with Crippen LogP contribution in [-0.4, -0.2) is 54.2 Å². The number of carbonyl (C=O) groups excluding carboxylic acids is 2. The van der Waals surface area contributed by atoms with E-state index in [0.717, 1.165) is 18.8 Å². The third-order valence-electron chi connectivity index (χ3n) is 4.58. The summed E-state index contributed by atoms with van der Waals surface area (Å²) in [7, 11) is 0. The number of hydrogen-bond acceptors (Lipinski definition) is 6. The number of aromatic nitrogens is 1. The van der Waals surface area contributed by atoms with Gasteiger partial charge in [-0.05, 0) is 32.9 Å². The Balaban J connectivity index is 1.55. The Labute approximate surface area is 152 Å². The second kappa shape index (κ2) is 7.59. The lowest BCUT2D eigenvalue weighted by molar-refractivity contribution is -0.140. The van der Waals surface area contributed by atoms with Gasteiger partial charge in [-0.1, -0.05) is 23.4 Å². The molecule has 1 amide bonds. The Morgan fingerprint density at radius 1 is 1.12 bits per heavy atom. The van der Waals surface area contributed by atoms with Gasteiger partial charge in [0.1, 0.15) is 11.3 Å². The van der Waals surface area contributed by atoms with Crippen LogP contribution >= 0.6 is 0 Å². The van der Waals surface area contributed by atoms with E-state index in [-0.39, 0.29) is 5.91 Å². The standard InChI is InChI=1S/C19H23N3O4/c1-13-17(14(2)26-20-13)19(24)25-15(3)18(23)22-11-9-21(10-12-22)16-7-5-4-6-8-16/h4-8,15H,9-12H2,1-3H3. The maximum atomic E-state index is 12.6. The number of esters is 1. The van der Waals surface area contributed by atoms with Crippen molar-refractivity contribution in [3.8, 4) is 0 Å². The molecule has 7 heteroatoms. The number of para-hydroxylation sites is 1. The number of nitrogens with zero attached hydrogens (tertiary/aromatic N) is 3. The number of amides is 1. The highest BCUT2D eigenvalue weighted by Gasteiger charge is 2.29. The van der Waals surface area contributed by atoms with Crippen molar-refractivity contribution >= 4 is 17.6 Å². The van der Waals surface area contributed by atoms with Crippen LogP contribution in [0.25, 0.3) is 0 Å². The first-order valence-electron chi connectivity index (χ1n) is 8.70. The second-order valence-electron chi connectivity index (χ2n) is 6.39. The van der Waals surface area contributed by atoms with Crippen molar-refractivity contribution in [1.82, 2.24) is 10.1 Å². The molecule has 26 heavy (non-hydrogen) atoms. The van der Waals surface area contributed by atoms with E-state index in [1.807, 2.05) is 18.2 Å². The molecule has 1 aromatic carbocycles. The van der Waals surface area contributed by atoms with Crippen molar-refractivity contribution in [1.29, 1.82) is 0 Å². The fourth-order valence-corrected chi connectivity index (χ4v) is 3.13. The SMILES string of the molecule is Cc1noc(C)c1C(=O)OC(C)C(=O)N1CCN(c2ccccc2)CC1. The molecule has 2 aromatic rings. The van der Waals surface area contributed by atoms with Gasteiger partial charge in [-0.3, -0.25) is 4.79 Å². The third-order valence-corrected chi connectivity index (χ3v) is 4.58. The minimum atomic E-state index is -0.848. The Morgan fingerprint density at radius 3 is 2.35 bits per heavy atom. The van der Waals surface area contributed by atoms with Gasteiger partial charge in [0.15, 0.2) is 6.10 Å². The summed E-state index contributed by atoms with van der Waals surface area (Å²) in [6.45, 7) is 7.61. The van der Waals surface area contributed by atoms with Crippen molar-refractivity contribution in [3.63, 3.8) is 0 Å². The van der Waals surface area contributed by atoms with Gasteiger partial charge in [-0.25, -0.2) is 4.79 Å². The highest BCUT2D eigenvalue weighted by Crippen LogP contribution is 2.18. The smallest absolute Gasteiger partial charge is 0.344 e. The zero-order chi connectivity index (χ0) is 18.7. The van der Waals surface area contributed by atoms with Crippen LogP contribution < -0.4 is 4.90 Å². The lowest BCUT2D eigenvalue weighted by Gasteiger charge is -2.37. The number of ether oxygens (including phenoxy) is 1. The van der Waals surface area contributed by atoms with Crippen LogP contribution in [0.4, 0.5) is 5.69 Å². The van der Waals surface area contributed by atoms with Crippen LogP contribution in [0.1, 0.15) is 28.7 Å².